The topological polar surface area (TPSA) is 12.4 Å². The maximum Gasteiger partial charge on any atom is 0.0503 e. The van der Waals surface area contributed by atoms with Gasteiger partial charge in [-0.25, -0.2) is 0 Å². The van der Waals surface area contributed by atoms with Crippen LogP contribution >= 0.6 is 0 Å². The van der Waals surface area contributed by atoms with Crippen LogP contribution in [0, 0.1) is 0 Å². The van der Waals surface area contributed by atoms with Gasteiger partial charge in [-0.1, -0.05) is 64.6 Å². The molecule has 17 heavy (non-hydrogen) atoms. The molecule has 0 aliphatic heterocycles. The van der Waals surface area contributed by atoms with Gasteiger partial charge < -0.3 is 0 Å². The summed E-state index contributed by atoms with van der Waals surface area (Å²) in [6, 6.07) is 2.71. The van der Waals surface area contributed by atoms with E-state index in [0.717, 1.165) is 6.54 Å². The van der Waals surface area contributed by atoms with Crippen molar-refractivity contribution in [3.63, 3.8) is 0 Å². The molecule has 0 saturated heterocycles. The second-order valence-corrected chi connectivity index (χ2v) is 8.78. The standard InChI is InChI=1S/C15H31NSi/c1-5-9-10-11-12-13-16-14-15(6-2)17(7-3)8-4/h6,14-15,17H,2,5,7-13H2,1,3-4H3. The zero-order chi connectivity index (χ0) is 12.9. The first-order valence-corrected chi connectivity index (χ1v) is 9.72. The summed E-state index contributed by atoms with van der Waals surface area (Å²) >= 11 is 0. The highest BCUT2D eigenvalue weighted by Gasteiger charge is 2.13. The molecule has 100 valence electrons. The average Bonchev–Trinajstić information content (AvgIpc) is 2.36. The Morgan fingerprint density at radius 2 is 1.71 bits per heavy atom. The van der Waals surface area contributed by atoms with Gasteiger partial charge in [0.25, 0.3) is 0 Å². The third-order valence-electron chi connectivity index (χ3n) is 3.53. The molecule has 0 rings (SSSR count). The Morgan fingerprint density at radius 3 is 2.24 bits per heavy atom. The van der Waals surface area contributed by atoms with Gasteiger partial charge in [-0.3, -0.25) is 4.99 Å². The summed E-state index contributed by atoms with van der Waals surface area (Å²) in [6.07, 6.45) is 11.0. The maximum absolute atomic E-state index is 4.60. The zero-order valence-corrected chi connectivity index (χ0v) is 13.3. The molecule has 0 spiro atoms. The normalized spacial score (nSPS) is 13.4. The van der Waals surface area contributed by atoms with Gasteiger partial charge in [-0.2, -0.15) is 0 Å². The lowest BCUT2D eigenvalue weighted by Crippen LogP contribution is -2.17. The molecule has 0 N–H and O–H groups in total. The van der Waals surface area contributed by atoms with E-state index in [1.807, 2.05) is 0 Å². The molecule has 0 fully saturated rings. The molecular formula is C15H31NSi. The van der Waals surface area contributed by atoms with Gasteiger partial charge in [0.05, 0.1) is 8.80 Å². The van der Waals surface area contributed by atoms with Crippen molar-refractivity contribution in [1.82, 2.24) is 0 Å². The van der Waals surface area contributed by atoms with Crippen LogP contribution in [-0.2, 0) is 0 Å². The molecule has 0 aromatic rings. The molecule has 0 heterocycles. The summed E-state index contributed by atoms with van der Waals surface area (Å²) in [5.41, 5.74) is 0.612. The number of aliphatic imine (C=N–C) groups is 1. The van der Waals surface area contributed by atoms with E-state index in [2.05, 4.69) is 44.6 Å². The second kappa shape index (κ2) is 12.1. The van der Waals surface area contributed by atoms with Gasteiger partial charge in [0, 0.05) is 18.3 Å². The molecule has 1 atom stereocenters. The quantitative estimate of drug-likeness (QED) is 0.216. The fraction of sp³-hybridized carbons (Fsp3) is 0.800. The van der Waals surface area contributed by atoms with E-state index >= 15 is 0 Å². The lowest BCUT2D eigenvalue weighted by atomic mass is 10.2. The van der Waals surface area contributed by atoms with Crippen molar-refractivity contribution < 1.29 is 0 Å². The highest BCUT2D eigenvalue weighted by molar-refractivity contribution is 6.64. The number of unbranched alkanes of at least 4 members (excludes halogenated alkanes) is 4. The molecule has 1 nitrogen and oxygen atoms in total. The Balaban J connectivity index is 3.75. The fourth-order valence-electron chi connectivity index (χ4n) is 2.21. The smallest absolute Gasteiger partial charge is 0.0503 e. The molecule has 0 bridgehead atoms. The number of allylic oxidation sites excluding steroid dienone is 1. The molecule has 0 aromatic carbocycles. The number of hydrogen-bond donors (Lipinski definition) is 0. The van der Waals surface area contributed by atoms with Crippen LogP contribution in [0.4, 0.5) is 0 Å². The van der Waals surface area contributed by atoms with Crippen LogP contribution in [0.15, 0.2) is 17.6 Å². The van der Waals surface area contributed by atoms with E-state index in [1.54, 1.807) is 0 Å². The number of nitrogens with zero attached hydrogens (tertiary/aromatic N) is 1. The van der Waals surface area contributed by atoms with Crippen LogP contribution in [0.5, 0.6) is 0 Å². The predicted octanol–water partition coefficient (Wildman–Crippen LogP) is 4.85. The molecule has 0 aliphatic rings. The lowest BCUT2D eigenvalue weighted by Gasteiger charge is -2.15. The third kappa shape index (κ3) is 8.36. The van der Waals surface area contributed by atoms with E-state index in [0.29, 0.717) is 5.54 Å². The molecule has 0 radical (unpaired) electrons. The minimum absolute atomic E-state index is 0.612. The van der Waals surface area contributed by atoms with E-state index in [1.165, 1.54) is 44.2 Å². The molecule has 2 heteroatoms. The van der Waals surface area contributed by atoms with Gasteiger partial charge in [-0.15, -0.1) is 6.58 Å². The van der Waals surface area contributed by atoms with Gasteiger partial charge in [0.1, 0.15) is 0 Å². The largest absolute Gasteiger partial charge is 0.297 e. The minimum atomic E-state index is -0.644. The molecule has 0 aromatic heterocycles. The van der Waals surface area contributed by atoms with E-state index in [9.17, 15) is 0 Å². The van der Waals surface area contributed by atoms with Crippen molar-refractivity contribution in [2.24, 2.45) is 4.99 Å². The maximum atomic E-state index is 4.60. The Morgan fingerprint density at radius 1 is 1.06 bits per heavy atom. The van der Waals surface area contributed by atoms with Crippen LogP contribution in [0.2, 0.25) is 17.6 Å². The molecule has 1 unspecified atom stereocenters. The first-order chi connectivity index (χ1) is 8.29. The predicted molar refractivity (Wildman–Crippen MR) is 84.2 cm³/mol. The van der Waals surface area contributed by atoms with Gasteiger partial charge in [0.2, 0.25) is 0 Å². The fourth-order valence-corrected chi connectivity index (χ4v) is 4.63. The van der Waals surface area contributed by atoms with Gasteiger partial charge >= 0.3 is 0 Å². The number of rotatable bonds is 11. The summed E-state index contributed by atoms with van der Waals surface area (Å²) in [7, 11) is -0.644. The summed E-state index contributed by atoms with van der Waals surface area (Å²) in [4.78, 5) is 4.60. The van der Waals surface area contributed by atoms with Crippen molar-refractivity contribution in [3.8, 4) is 0 Å². The summed E-state index contributed by atoms with van der Waals surface area (Å²) in [5.74, 6) is 0. The van der Waals surface area contributed by atoms with Crippen LogP contribution in [0.25, 0.3) is 0 Å². The first kappa shape index (κ1) is 16.6. The zero-order valence-electron chi connectivity index (χ0n) is 12.1. The van der Waals surface area contributed by atoms with E-state index in [-0.39, 0.29) is 0 Å². The van der Waals surface area contributed by atoms with Gasteiger partial charge in [-0.05, 0) is 6.42 Å². The van der Waals surface area contributed by atoms with Crippen LogP contribution in [-0.4, -0.2) is 21.6 Å². The SMILES string of the molecule is C=CC(C=NCCCCCCC)[SiH](CC)CC. The first-order valence-electron chi connectivity index (χ1n) is 7.42. The van der Waals surface area contributed by atoms with E-state index in [4.69, 9.17) is 0 Å². The number of hydrogen-bond acceptors (Lipinski definition) is 1. The highest BCUT2D eigenvalue weighted by Crippen LogP contribution is 2.16. The average molecular weight is 254 g/mol. The molecule has 0 aliphatic carbocycles. The minimum Gasteiger partial charge on any atom is -0.297 e. The molecule has 0 saturated carbocycles. The Labute approximate surface area is 110 Å². The van der Waals surface area contributed by atoms with E-state index < -0.39 is 8.80 Å². The van der Waals surface area contributed by atoms with Crippen LogP contribution in [0.3, 0.4) is 0 Å². The lowest BCUT2D eigenvalue weighted by molar-refractivity contribution is 0.639. The monoisotopic (exact) mass is 253 g/mol. The van der Waals surface area contributed by atoms with Gasteiger partial charge in [0.15, 0.2) is 0 Å². The van der Waals surface area contributed by atoms with Crippen molar-refractivity contribution in [1.29, 1.82) is 0 Å². The Bertz CT molecular complexity index is 197. The van der Waals surface area contributed by atoms with Crippen molar-refractivity contribution in [2.75, 3.05) is 6.54 Å². The Kier molecular flexibility index (Phi) is 11.8. The van der Waals surface area contributed by atoms with Crippen LogP contribution < -0.4 is 0 Å². The molecular weight excluding hydrogens is 222 g/mol. The van der Waals surface area contributed by atoms with Crippen molar-refractivity contribution >= 4 is 15.0 Å². The second-order valence-electron chi connectivity index (χ2n) is 4.86. The van der Waals surface area contributed by atoms with Crippen molar-refractivity contribution in [3.05, 3.63) is 12.7 Å². The Hall–Kier alpha value is -0.373. The summed E-state index contributed by atoms with van der Waals surface area (Å²) < 4.78 is 0. The third-order valence-corrected chi connectivity index (χ3v) is 7.16. The van der Waals surface area contributed by atoms with Crippen molar-refractivity contribution in [2.45, 2.75) is 70.5 Å². The highest BCUT2D eigenvalue weighted by atomic mass is 28.3. The summed E-state index contributed by atoms with van der Waals surface area (Å²) in [6.45, 7) is 11.9. The molecule has 0 amide bonds. The van der Waals surface area contributed by atoms with Crippen LogP contribution in [0.1, 0.15) is 52.9 Å². The summed E-state index contributed by atoms with van der Waals surface area (Å²) in [5, 5.41) is 0.